The van der Waals surface area contributed by atoms with Gasteiger partial charge in [-0.25, -0.2) is 9.78 Å². The van der Waals surface area contributed by atoms with Gasteiger partial charge in [0.1, 0.15) is 11.3 Å². The molecule has 2 aliphatic rings. The summed E-state index contributed by atoms with van der Waals surface area (Å²) in [6.45, 7) is 5.75. The summed E-state index contributed by atoms with van der Waals surface area (Å²) in [6, 6.07) is 14.7. The molecule has 2 aromatic heterocycles. The second-order valence-corrected chi connectivity index (χ2v) is 11.7. The number of ether oxygens (including phenoxy) is 2. The number of aryl methyl sites for hydroxylation is 1. The van der Waals surface area contributed by atoms with Crippen LogP contribution in [0.15, 0.2) is 54.7 Å². The highest BCUT2D eigenvalue weighted by molar-refractivity contribution is 6.00. The number of nitrogens with two attached hydrogens (primary N) is 1. The van der Waals surface area contributed by atoms with Crippen LogP contribution < -0.4 is 15.4 Å². The number of piperazine rings is 1. The Morgan fingerprint density at radius 2 is 1.64 bits per heavy atom. The lowest BCUT2D eigenvalue weighted by atomic mass is 10.0. The highest BCUT2D eigenvalue weighted by Crippen LogP contribution is 2.42. The predicted octanol–water partition coefficient (Wildman–Crippen LogP) is 3.67. The van der Waals surface area contributed by atoms with Gasteiger partial charge < -0.3 is 29.6 Å². The van der Waals surface area contributed by atoms with Crippen LogP contribution in [0.5, 0.6) is 5.75 Å². The molecule has 12 nitrogen and oxygen atoms in total. The minimum absolute atomic E-state index is 0.0376. The van der Waals surface area contributed by atoms with E-state index in [0.717, 1.165) is 39.0 Å². The molecule has 4 aromatic rings. The van der Waals surface area contributed by atoms with Crippen molar-refractivity contribution in [3.8, 4) is 5.75 Å². The average molecular weight is 613 g/mol. The summed E-state index contributed by atoms with van der Waals surface area (Å²) in [5, 5.41) is 0. The van der Waals surface area contributed by atoms with E-state index in [1.165, 1.54) is 7.11 Å². The molecule has 2 fully saturated rings. The summed E-state index contributed by atoms with van der Waals surface area (Å²) in [5.41, 5.74) is 9.61. The van der Waals surface area contributed by atoms with Crippen LogP contribution in [-0.2, 0) is 11.8 Å². The maximum atomic E-state index is 13.7. The summed E-state index contributed by atoms with van der Waals surface area (Å²) in [7, 11) is 6.93. The Morgan fingerprint density at radius 3 is 2.36 bits per heavy atom. The smallest absolute Gasteiger partial charge is 0.339 e. The second-order valence-electron chi connectivity index (χ2n) is 11.7. The first-order chi connectivity index (χ1) is 21.8. The number of para-hydroxylation sites is 1. The van der Waals surface area contributed by atoms with E-state index in [1.54, 1.807) is 48.4 Å². The molecule has 0 bridgehead atoms. The van der Waals surface area contributed by atoms with Crippen molar-refractivity contribution >= 4 is 46.1 Å². The van der Waals surface area contributed by atoms with E-state index in [0.29, 0.717) is 58.4 Å². The predicted molar refractivity (Wildman–Crippen MR) is 173 cm³/mol. The van der Waals surface area contributed by atoms with Crippen LogP contribution in [0.4, 0.5) is 23.1 Å². The molecule has 0 radical (unpaired) electrons. The summed E-state index contributed by atoms with van der Waals surface area (Å²) in [4.78, 5) is 44.7. The standard InChI is InChI=1S/C33H40N8O4/c1-37-17-19-39(20-18-37)23-11-15-40(16-12-23)31(42)22-9-10-27(28(21-22)44-3)41(26-8-6-5-7-24(26)32(43)45-4)33-35-25-13-14-38(2)29(25)30(34)36-33/h5-10,13-14,21,23H,11-12,15-20H2,1-4H3,(H2,34,35,36). The maximum absolute atomic E-state index is 13.7. The SMILES string of the molecule is COC(=O)c1ccccc1N(c1nc(N)c2c(ccn2C)n1)c1ccc(C(=O)N2CCC(N3CCN(C)CC3)CC2)cc1OC. The summed E-state index contributed by atoms with van der Waals surface area (Å²) in [5.74, 6) is 0.391. The van der Waals surface area contributed by atoms with Crippen LogP contribution >= 0.6 is 0 Å². The summed E-state index contributed by atoms with van der Waals surface area (Å²) >= 11 is 0. The lowest BCUT2D eigenvalue weighted by Gasteiger charge is -2.42. The summed E-state index contributed by atoms with van der Waals surface area (Å²) in [6.07, 6.45) is 3.79. The van der Waals surface area contributed by atoms with Crippen LogP contribution in [0.2, 0.25) is 0 Å². The van der Waals surface area contributed by atoms with E-state index in [2.05, 4.69) is 21.8 Å². The van der Waals surface area contributed by atoms with Gasteiger partial charge in [0.2, 0.25) is 5.95 Å². The highest BCUT2D eigenvalue weighted by atomic mass is 16.5. The zero-order valence-corrected chi connectivity index (χ0v) is 26.3. The number of aromatic nitrogens is 3. The number of methoxy groups -OCH3 is 2. The monoisotopic (exact) mass is 612 g/mol. The van der Waals surface area contributed by atoms with Crippen LogP contribution in [0.1, 0.15) is 33.6 Å². The van der Waals surface area contributed by atoms with Gasteiger partial charge in [0.15, 0.2) is 5.82 Å². The quantitative estimate of drug-likeness (QED) is 0.310. The molecule has 236 valence electrons. The molecule has 2 aromatic carbocycles. The molecule has 1 amide bonds. The minimum atomic E-state index is -0.518. The lowest BCUT2D eigenvalue weighted by molar-refractivity contribution is 0.0518. The second kappa shape index (κ2) is 12.7. The topological polar surface area (TPSA) is 122 Å². The normalized spacial score (nSPS) is 16.6. The Labute approximate surface area is 262 Å². The number of hydrogen-bond donors (Lipinski definition) is 1. The molecule has 2 saturated heterocycles. The molecule has 2 aliphatic heterocycles. The molecule has 0 aliphatic carbocycles. The zero-order chi connectivity index (χ0) is 31.7. The van der Waals surface area contributed by atoms with Gasteiger partial charge >= 0.3 is 5.97 Å². The number of carbonyl (C=O) groups excluding carboxylic acids is 2. The van der Waals surface area contributed by atoms with Crippen LogP contribution in [-0.4, -0.2) is 108 Å². The third kappa shape index (κ3) is 5.90. The van der Waals surface area contributed by atoms with Crippen molar-refractivity contribution in [2.24, 2.45) is 7.05 Å². The molecular weight excluding hydrogens is 572 g/mol. The number of amides is 1. The van der Waals surface area contributed by atoms with Gasteiger partial charge in [-0.2, -0.15) is 4.98 Å². The van der Waals surface area contributed by atoms with Crippen molar-refractivity contribution in [2.75, 3.05) is 71.2 Å². The van der Waals surface area contributed by atoms with Gasteiger partial charge in [0, 0.05) is 64.1 Å². The largest absolute Gasteiger partial charge is 0.495 e. The first-order valence-electron chi connectivity index (χ1n) is 15.2. The first-order valence-corrected chi connectivity index (χ1v) is 15.2. The Morgan fingerprint density at radius 1 is 0.911 bits per heavy atom. The van der Waals surface area contributed by atoms with E-state index in [9.17, 15) is 9.59 Å². The molecule has 45 heavy (non-hydrogen) atoms. The number of benzene rings is 2. The third-order valence-corrected chi connectivity index (χ3v) is 8.96. The van der Waals surface area contributed by atoms with Gasteiger partial charge in [-0.3, -0.25) is 14.6 Å². The van der Waals surface area contributed by atoms with E-state index in [-0.39, 0.29) is 17.7 Å². The highest BCUT2D eigenvalue weighted by Gasteiger charge is 2.30. The number of likely N-dealkylation sites (tertiary alicyclic amines) is 1. The summed E-state index contributed by atoms with van der Waals surface area (Å²) < 4.78 is 12.8. The van der Waals surface area contributed by atoms with Gasteiger partial charge in [0.05, 0.1) is 36.7 Å². The Hall–Kier alpha value is -4.68. The third-order valence-electron chi connectivity index (χ3n) is 8.96. The molecular formula is C33H40N8O4. The Balaban J connectivity index is 1.34. The van der Waals surface area contributed by atoms with Crippen LogP contribution in [0, 0.1) is 0 Å². The molecule has 0 spiro atoms. The molecule has 0 unspecified atom stereocenters. The minimum Gasteiger partial charge on any atom is -0.495 e. The van der Waals surface area contributed by atoms with E-state index >= 15 is 0 Å². The Kier molecular flexibility index (Phi) is 8.59. The number of fused-ring (bicyclic) bond motifs is 1. The number of anilines is 4. The molecule has 4 heterocycles. The Bertz CT molecular complexity index is 1710. The fourth-order valence-corrected chi connectivity index (χ4v) is 6.41. The molecule has 6 rings (SSSR count). The number of likely N-dealkylation sites (N-methyl/N-ethyl adjacent to an activating group) is 1. The van der Waals surface area contributed by atoms with Gasteiger partial charge in [-0.15, -0.1) is 0 Å². The van der Waals surface area contributed by atoms with Crippen molar-refractivity contribution in [3.63, 3.8) is 0 Å². The molecule has 2 N–H and O–H groups in total. The zero-order valence-electron chi connectivity index (χ0n) is 26.3. The van der Waals surface area contributed by atoms with E-state index < -0.39 is 5.97 Å². The van der Waals surface area contributed by atoms with Gasteiger partial charge in [-0.05, 0) is 56.3 Å². The van der Waals surface area contributed by atoms with Gasteiger partial charge in [-0.1, -0.05) is 12.1 Å². The van der Waals surface area contributed by atoms with Crippen molar-refractivity contribution in [1.29, 1.82) is 0 Å². The average Bonchev–Trinajstić information content (AvgIpc) is 3.45. The number of esters is 1. The van der Waals surface area contributed by atoms with Crippen molar-refractivity contribution in [2.45, 2.75) is 18.9 Å². The van der Waals surface area contributed by atoms with E-state index in [1.807, 2.05) is 34.8 Å². The van der Waals surface area contributed by atoms with Crippen LogP contribution in [0.3, 0.4) is 0 Å². The number of rotatable bonds is 7. The van der Waals surface area contributed by atoms with Crippen molar-refractivity contribution in [3.05, 3.63) is 65.9 Å². The van der Waals surface area contributed by atoms with Gasteiger partial charge in [0.25, 0.3) is 5.91 Å². The number of piperidine rings is 1. The maximum Gasteiger partial charge on any atom is 0.339 e. The first kappa shape index (κ1) is 30.4. The number of carbonyl (C=O) groups is 2. The fourth-order valence-electron chi connectivity index (χ4n) is 6.41. The lowest BCUT2D eigenvalue weighted by Crippen LogP contribution is -2.52. The number of nitrogens with zero attached hydrogens (tertiary/aromatic N) is 7. The molecule has 0 saturated carbocycles. The molecule has 0 atom stereocenters. The van der Waals surface area contributed by atoms with Crippen molar-refractivity contribution < 1.29 is 19.1 Å². The van der Waals surface area contributed by atoms with Crippen LogP contribution in [0.25, 0.3) is 11.0 Å². The van der Waals surface area contributed by atoms with E-state index in [4.69, 9.17) is 20.2 Å². The molecule has 12 heteroatoms. The fraction of sp³-hybridized carbons (Fsp3) is 0.394. The van der Waals surface area contributed by atoms with Crippen molar-refractivity contribution in [1.82, 2.24) is 29.2 Å². The number of hydrogen-bond acceptors (Lipinski definition) is 10. The number of nitrogen functional groups attached to an aromatic ring is 1.